The molecule has 0 unspecified atom stereocenters. The number of hydrogen-bond donors (Lipinski definition) is 1. The van der Waals surface area contributed by atoms with Gasteiger partial charge >= 0.3 is 0 Å². The second-order valence-corrected chi connectivity index (χ2v) is 6.33. The zero-order valence-electron chi connectivity index (χ0n) is 14.0. The summed E-state index contributed by atoms with van der Waals surface area (Å²) < 4.78 is 0. The molecule has 0 spiro atoms. The van der Waals surface area contributed by atoms with Gasteiger partial charge in [-0.2, -0.15) is 0 Å². The molecule has 1 aromatic rings. The van der Waals surface area contributed by atoms with Gasteiger partial charge in [0.25, 0.3) is 5.91 Å². The van der Waals surface area contributed by atoms with Crippen molar-refractivity contribution in [2.75, 3.05) is 46.3 Å². The SMILES string of the molecule is Cc1cccc(C(=O)NCCCCCN2CCN(C)CC2)c1. The highest BCUT2D eigenvalue weighted by molar-refractivity contribution is 5.94. The second kappa shape index (κ2) is 8.91. The monoisotopic (exact) mass is 303 g/mol. The smallest absolute Gasteiger partial charge is 0.251 e. The molecule has 4 nitrogen and oxygen atoms in total. The van der Waals surface area contributed by atoms with Crippen molar-refractivity contribution in [2.45, 2.75) is 26.2 Å². The highest BCUT2D eigenvalue weighted by atomic mass is 16.1. The summed E-state index contributed by atoms with van der Waals surface area (Å²) in [5.41, 5.74) is 1.89. The fourth-order valence-electron chi connectivity index (χ4n) is 2.80. The number of amides is 1. The van der Waals surface area contributed by atoms with Crippen molar-refractivity contribution in [3.63, 3.8) is 0 Å². The van der Waals surface area contributed by atoms with Crippen molar-refractivity contribution < 1.29 is 4.79 Å². The Balaban J connectivity index is 1.53. The molecule has 1 aliphatic rings. The maximum absolute atomic E-state index is 12.0. The summed E-state index contributed by atoms with van der Waals surface area (Å²) in [4.78, 5) is 16.9. The van der Waals surface area contributed by atoms with E-state index >= 15 is 0 Å². The number of unbranched alkanes of at least 4 members (excludes halogenated alkanes) is 2. The highest BCUT2D eigenvalue weighted by Gasteiger charge is 2.12. The van der Waals surface area contributed by atoms with Crippen LogP contribution in [-0.2, 0) is 0 Å². The van der Waals surface area contributed by atoms with Crippen LogP contribution in [0.3, 0.4) is 0 Å². The molecule has 1 aromatic carbocycles. The minimum absolute atomic E-state index is 0.0442. The lowest BCUT2D eigenvalue weighted by Crippen LogP contribution is -2.44. The molecule has 1 aliphatic heterocycles. The number of nitrogens with zero attached hydrogens (tertiary/aromatic N) is 2. The predicted molar refractivity (Wildman–Crippen MR) is 91.3 cm³/mol. The van der Waals surface area contributed by atoms with Gasteiger partial charge < -0.3 is 15.1 Å². The quantitative estimate of drug-likeness (QED) is 0.784. The molecule has 4 heteroatoms. The molecule has 1 amide bonds. The van der Waals surface area contributed by atoms with Crippen LogP contribution in [0.2, 0.25) is 0 Å². The van der Waals surface area contributed by atoms with Crippen molar-refractivity contribution in [3.05, 3.63) is 35.4 Å². The van der Waals surface area contributed by atoms with Gasteiger partial charge in [-0.1, -0.05) is 24.1 Å². The van der Waals surface area contributed by atoms with E-state index in [4.69, 9.17) is 0 Å². The lowest BCUT2D eigenvalue weighted by Gasteiger charge is -2.32. The predicted octanol–water partition coefficient (Wildman–Crippen LogP) is 2.14. The van der Waals surface area contributed by atoms with E-state index in [-0.39, 0.29) is 5.91 Å². The van der Waals surface area contributed by atoms with Crippen LogP contribution >= 0.6 is 0 Å². The number of benzene rings is 1. The highest BCUT2D eigenvalue weighted by Crippen LogP contribution is 2.05. The normalized spacial score (nSPS) is 16.6. The third kappa shape index (κ3) is 5.78. The number of likely N-dealkylation sites (N-methyl/N-ethyl adjacent to an activating group) is 1. The molecule has 2 rings (SSSR count). The van der Waals surface area contributed by atoms with Gasteiger partial charge in [-0.3, -0.25) is 4.79 Å². The van der Waals surface area contributed by atoms with Gasteiger partial charge in [-0.15, -0.1) is 0 Å². The van der Waals surface area contributed by atoms with E-state index in [9.17, 15) is 4.79 Å². The van der Waals surface area contributed by atoms with Gasteiger partial charge in [0.2, 0.25) is 0 Å². The van der Waals surface area contributed by atoms with E-state index in [1.165, 1.54) is 45.6 Å². The third-order valence-electron chi connectivity index (χ3n) is 4.31. The standard InChI is InChI=1S/C18H29N3O/c1-16-7-6-8-17(15-16)18(22)19-9-4-3-5-10-21-13-11-20(2)12-14-21/h6-8,15H,3-5,9-14H2,1-2H3,(H,19,22). The van der Waals surface area contributed by atoms with Crippen molar-refractivity contribution in [2.24, 2.45) is 0 Å². The lowest BCUT2D eigenvalue weighted by atomic mass is 10.1. The van der Waals surface area contributed by atoms with Crippen molar-refractivity contribution >= 4 is 5.91 Å². The van der Waals surface area contributed by atoms with E-state index in [0.29, 0.717) is 0 Å². The minimum atomic E-state index is 0.0442. The Kier molecular flexibility index (Phi) is 6.87. The first kappa shape index (κ1) is 17.0. The number of aryl methyl sites for hydroxylation is 1. The summed E-state index contributed by atoms with van der Waals surface area (Å²) >= 11 is 0. The average Bonchev–Trinajstić information content (AvgIpc) is 2.52. The van der Waals surface area contributed by atoms with Gasteiger partial charge in [0.1, 0.15) is 0 Å². The number of carbonyl (C=O) groups excluding carboxylic acids is 1. The topological polar surface area (TPSA) is 35.6 Å². The molecule has 0 aliphatic carbocycles. The zero-order chi connectivity index (χ0) is 15.8. The van der Waals surface area contributed by atoms with E-state index in [0.717, 1.165) is 24.1 Å². The van der Waals surface area contributed by atoms with Crippen molar-refractivity contribution in [1.82, 2.24) is 15.1 Å². The van der Waals surface area contributed by atoms with E-state index in [2.05, 4.69) is 22.2 Å². The van der Waals surface area contributed by atoms with E-state index < -0.39 is 0 Å². The molecule has 1 saturated heterocycles. The fraction of sp³-hybridized carbons (Fsp3) is 0.611. The average molecular weight is 303 g/mol. The Bertz CT molecular complexity index is 467. The second-order valence-electron chi connectivity index (χ2n) is 6.33. The summed E-state index contributed by atoms with van der Waals surface area (Å²) in [6.45, 7) is 8.74. The minimum Gasteiger partial charge on any atom is -0.352 e. The molecular formula is C18H29N3O. The number of carbonyl (C=O) groups is 1. The first-order valence-corrected chi connectivity index (χ1v) is 8.41. The summed E-state index contributed by atoms with van der Waals surface area (Å²) in [6, 6.07) is 7.74. The summed E-state index contributed by atoms with van der Waals surface area (Å²) in [5.74, 6) is 0.0442. The van der Waals surface area contributed by atoms with Crippen LogP contribution in [0.25, 0.3) is 0 Å². The van der Waals surface area contributed by atoms with Crippen LogP contribution in [-0.4, -0.2) is 62.0 Å². The van der Waals surface area contributed by atoms with Gasteiger partial charge in [0.15, 0.2) is 0 Å². The molecule has 0 aromatic heterocycles. The van der Waals surface area contributed by atoms with Crippen LogP contribution < -0.4 is 5.32 Å². The molecule has 122 valence electrons. The largest absolute Gasteiger partial charge is 0.352 e. The van der Waals surface area contributed by atoms with E-state index in [1.54, 1.807) is 0 Å². The Hall–Kier alpha value is -1.39. The maximum atomic E-state index is 12.0. The van der Waals surface area contributed by atoms with E-state index in [1.807, 2.05) is 31.2 Å². The summed E-state index contributed by atoms with van der Waals surface area (Å²) in [6.07, 6.45) is 3.47. The third-order valence-corrected chi connectivity index (χ3v) is 4.31. The Morgan fingerprint density at radius 2 is 1.91 bits per heavy atom. The molecule has 1 fully saturated rings. The molecule has 1 N–H and O–H groups in total. The van der Waals surface area contributed by atoms with Crippen LogP contribution in [0.15, 0.2) is 24.3 Å². The molecule has 22 heavy (non-hydrogen) atoms. The van der Waals surface area contributed by atoms with Crippen LogP contribution in [0.5, 0.6) is 0 Å². The van der Waals surface area contributed by atoms with Gasteiger partial charge in [-0.25, -0.2) is 0 Å². The number of piperazine rings is 1. The molecule has 0 radical (unpaired) electrons. The first-order valence-electron chi connectivity index (χ1n) is 8.41. The number of rotatable bonds is 7. The van der Waals surface area contributed by atoms with Crippen LogP contribution in [0.1, 0.15) is 35.2 Å². The molecule has 0 atom stereocenters. The van der Waals surface area contributed by atoms with Gasteiger partial charge in [0.05, 0.1) is 0 Å². The Labute approximate surface area is 134 Å². The number of hydrogen-bond acceptors (Lipinski definition) is 3. The Morgan fingerprint density at radius 1 is 1.14 bits per heavy atom. The molecule has 1 heterocycles. The molecule has 0 bridgehead atoms. The van der Waals surface area contributed by atoms with Crippen molar-refractivity contribution in [1.29, 1.82) is 0 Å². The lowest BCUT2D eigenvalue weighted by molar-refractivity contribution is 0.0952. The zero-order valence-corrected chi connectivity index (χ0v) is 14.0. The first-order chi connectivity index (χ1) is 10.6. The van der Waals surface area contributed by atoms with Crippen LogP contribution in [0.4, 0.5) is 0 Å². The Morgan fingerprint density at radius 3 is 2.64 bits per heavy atom. The summed E-state index contributed by atoms with van der Waals surface area (Å²) in [7, 11) is 2.19. The fourth-order valence-corrected chi connectivity index (χ4v) is 2.80. The molecule has 0 saturated carbocycles. The maximum Gasteiger partial charge on any atom is 0.251 e. The van der Waals surface area contributed by atoms with Gasteiger partial charge in [0, 0.05) is 38.3 Å². The van der Waals surface area contributed by atoms with Gasteiger partial charge in [-0.05, 0) is 45.5 Å². The molecular weight excluding hydrogens is 274 g/mol. The van der Waals surface area contributed by atoms with Crippen molar-refractivity contribution in [3.8, 4) is 0 Å². The summed E-state index contributed by atoms with van der Waals surface area (Å²) in [5, 5.41) is 3.01. The van der Waals surface area contributed by atoms with Crippen LogP contribution in [0, 0.1) is 6.92 Å². The number of nitrogens with one attached hydrogen (secondary N) is 1.